The Hall–Kier alpha value is -2.09. The molecule has 1 unspecified atom stereocenters. The number of fused-ring (bicyclic) bond motifs is 2. The number of rotatable bonds is 3. The highest BCUT2D eigenvalue weighted by Crippen LogP contribution is 2.40. The Morgan fingerprint density at radius 1 is 1.14 bits per heavy atom. The number of urea groups is 1. The van der Waals surface area contributed by atoms with E-state index in [0.717, 1.165) is 31.8 Å². The highest BCUT2D eigenvalue weighted by molar-refractivity contribution is 5.81. The molecule has 2 fully saturated rings. The minimum absolute atomic E-state index is 0.0410. The lowest BCUT2D eigenvalue weighted by Crippen LogP contribution is -2.56. The molecule has 0 radical (unpaired) electrons. The van der Waals surface area contributed by atoms with Crippen LogP contribution in [0.1, 0.15) is 45.4 Å². The van der Waals surface area contributed by atoms with Crippen molar-refractivity contribution in [2.45, 2.75) is 57.8 Å². The summed E-state index contributed by atoms with van der Waals surface area (Å²) in [5, 5.41) is 0. The van der Waals surface area contributed by atoms with Crippen LogP contribution in [0.4, 0.5) is 4.79 Å². The molecule has 3 aliphatic rings. The van der Waals surface area contributed by atoms with E-state index in [1.807, 2.05) is 34.7 Å². The van der Waals surface area contributed by atoms with Gasteiger partial charge in [0.1, 0.15) is 11.4 Å². The molecule has 0 N–H and O–H groups in total. The minimum atomic E-state index is -0.586. The van der Waals surface area contributed by atoms with Crippen molar-refractivity contribution in [3.8, 4) is 0 Å². The number of carbonyl (C=O) groups excluding carboxylic acids is 2. The summed E-state index contributed by atoms with van der Waals surface area (Å²) in [6.07, 6.45) is 6.76. The molecule has 1 aromatic rings. The number of amides is 3. The Kier molecular flexibility index (Phi) is 5.31. The maximum atomic E-state index is 13.0. The summed E-state index contributed by atoms with van der Waals surface area (Å²) >= 11 is 0. The molecule has 3 aliphatic heterocycles. The second-order valence-corrected chi connectivity index (χ2v) is 7.98. The predicted octanol–water partition coefficient (Wildman–Crippen LogP) is 1.66. The zero-order valence-corrected chi connectivity index (χ0v) is 17.0. The van der Waals surface area contributed by atoms with Crippen LogP contribution in [0.15, 0.2) is 12.4 Å². The highest BCUT2D eigenvalue weighted by Gasteiger charge is 2.48. The summed E-state index contributed by atoms with van der Waals surface area (Å²) in [5.74, 6) is 0.934. The molecule has 1 atom stereocenters. The fourth-order valence-electron chi connectivity index (χ4n) is 4.77. The van der Waals surface area contributed by atoms with Crippen LogP contribution in [0.2, 0.25) is 0 Å². The lowest BCUT2D eigenvalue weighted by molar-refractivity contribution is -0.179. The second kappa shape index (κ2) is 7.73. The van der Waals surface area contributed by atoms with Crippen molar-refractivity contribution in [1.82, 2.24) is 24.3 Å². The van der Waals surface area contributed by atoms with Crippen LogP contribution in [0.5, 0.6) is 0 Å². The van der Waals surface area contributed by atoms with Gasteiger partial charge in [0.25, 0.3) is 5.91 Å². The number of hydrogen-bond donors (Lipinski definition) is 0. The topological polar surface area (TPSA) is 70.9 Å². The molecule has 3 amide bonds. The second-order valence-electron chi connectivity index (χ2n) is 7.98. The fraction of sp³-hybridized carbons (Fsp3) is 0.750. The van der Waals surface area contributed by atoms with Crippen LogP contribution in [-0.2, 0) is 21.7 Å². The van der Waals surface area contributed by atoms with Gasteiger partial charge in [-0.15, -0.1) is 0 Å². The first-order chi connectivity index (χ1) is 13.6. The molecule has 28 heavy (non-hydrogen) atoms. The molecule has 1 aromatic heterocycles. The van der Waals surface area contributed by atoms with Crippen LogP contribution < -0.4 is 0 Å². The number of nitrogens with zero attached hydrogens (tertiary/aromatic N) is 5. The van der Waals surface area contributed by atoms with E-state index in [1.54, 1.807) is 6.20 Å². The summed E-state index contributed by atoms with van der Waals surface area (Å²) < 4.78 is 8.54. The molecule has 2 saturated heterocycles. The van der Waals surface area contributed by atoms with Crippen LogP contribution >= 0.6 is 0 Å². The van der Waals surface area contributed by atoms with Gasteiger partial charge in [-0.2, -0.15) is 0 Å². The Labute approximate surface area is 166 Å². The standard InChI is InChI=1S/C20H31N5O3/c1-3-22(4-2)17(26)16-15-25-14-9-21-18(25)20(28-16)7-12-24(13-8-20)19(27)23-10-5-6-11-23/h9,14,16H,3-8,10-13,15H2,1-2H3. The zero-order chi connectivity index (χ0) is 19.7. The minimum Gasteiger partial charge on any atom is -0.352 e. The molecule has 4 rings (SSSR count). The first kappa shape index (κ1) is 19.2. The number of hydrogen-bond acceptors (Lipinski definition) is 4. The number of likely N-dealkylation sites (N-methyl/N-ethyl adjacent to an activating group) is 1. The Balaban J connectivity index is 1.50. The van der Waals surface area contributed by atoms with E-state index in [2.05, 4.69) is 9.55 Å². The molecule has 154 valence electrons. The number of imidazole rings is 1. The molecule has 8 nitrogen and oxygen atoms in total. The average molecular weight is 390 g/mol. The van der Waals surface area contributed by atoms with E-state index >= 15 is 0 Å². The van der Waals surface area contributed by atoms with Gasteiger partial charge in [-0.25, -0.2) is 9.78 Å². The largest absolute Gasteiger partial charge is 0.352 e. The third kappa shape index (κ3) is 3.27. The average Bonchev–Trinajstić information content (AvgIpc) is 3.41. The zero-order valence-electron chi connectivity index (χ0n) is 17.0. The van der Waals surface area contributed by atoms with Crippen molar-refractivity contribution in [2.75, 3.05) is 39.3 Å². The van der Waals surface area contributed by atoms with Gasteiger partial charge in [-0.3, -0.25) is 4.79 Å². The molecule has 1 spiro atoms. The lowest BCUT2D eigenvalue weighted by Gasteiger charge is -2.46. The van der Waals surface area contributed by atoms with Crippen LogP contribution in [0, 0.1) is 0 Å². The lowest BCUT2D eigenvalue weighted by atomic mass is 9.88. The van der Waals surface area contributed by atoms with E-state index in [0.29, 0.717) is 45.6 Å². The number of carbonyl (C=O) groups is 2. The van der Waals surface area contributed by atoms with Crippen LogP contribution in [-0.4, -0.2) is 81.6 Å². The van der Waals surface area contributed by atoms with E-state index in [4.69, 9.17) is 4.74 Å². The number of piperidine rings is 1. The van der Waals surface area contributed by atoms with Gasteiger partial charge >= 0.3 is 6.03 Å². The van der Waals surface area contributed by atoms with Gasteiger partial charge in [0.15, 0.2) is 6.10 Å². The molecule has 8 heteroatoms. The Morgan fingerprint density at radius 3 is 2.43 bits per heavy atom. The first-order valence-electron chi connectivity index (χ1n) is 10.6. The van der Waals surface area contributed by atoms with Gasteiger partial charge in [0.05, 0.1) is 6.54 Å². The van der Waals surface area contributed by atoms with Gasteiger partial charge in [-0.05, 0) is 26.7 Å². The summed E-state index contributed by atoms with van der Waals surface area (Å²) in [5.41, 5.74) is -0.586. The predicted molar refractivity (Wildman–Crippen MR) is 104 cm³/mol. The van der Waals surface area contributed by atoms with E-state index < -0.39 is 11.7 Å². The van der Waals surface area contributed by atoms with E-state index in [1.165, 1.54) is 0 Å². The number of ether oxygens (including phenoxy) is 1. The van der Waals surface area contributed by atoms with Gasteiger partial charge in [-0.1, -0.05) is 0 Å². The number of aromatic nitrogens is 2. The van der Waals surface area contributed by atoms with Crippen molar-refractivity contribution in [3.63, 3.8) is 0 Å². The van der Waals surface area contributed by atoms with Crippen LogP contribution in [0.25, 0.3) is 0 Å². The van der Waals surface area contributed by atoms with Crippen molar-refractivity contribution >= 4 is 11.9 Å². The summed E-state index contributed by atoms with van der Waals surface area (Å²) in [6, 6.07) is 0.141. The first-order valence-corrected chi connectivity index (χ1v) is 10.6. The summed E-state index contributed by atoms with van der Waals surface area (Å²) in [7, 11) is 0. The molecule has 0 bridgehead atoms. The fourth-order valence-corrected chi connectivity index (χ4v) is 4.77. The quantitative estimate of drug-likeness (QED) is 0.788. The van der Waals surface area contributed by atoms with Gasteiger partial charge in [0.2, 0.25) is 0 Å². The molecule has 4 heterocycles. The highest BCUT2D eigenvalue weighted by atomic mass is 16.5. The van der Waals surface area contributed by atoms with Crippen molar-refractivity contribution in [2.24, 2.45) is 0 Å². The molecular formula is C20H31N5O3. The van der Waals surface area contributed by atoms with E-state index in [-0.39, 0.29) is 11.9 Å². The van der Waals surface area contributed by atoms with Gasteiger partial charge < -0.3 is 24.0 Å². The molecular weight excluding hydrogens is 358 g/mol. The Morgan fingerprint density at radius 2 is 1.79 bits per heavy atom. The smallest absolute Gasteiger partial charge is 0.320 e. The maximum absolute atomic E-state index is 13.0. The maximum Gasteiger partial charge on any atom is 0.320 e. The third-order valence-electron chi connectivity index (χ3n) is 6.42. The SMILES string of the molecule is CCN(CC)C(=O)C1Cn2ccnc2C2(CCN(C(=O)N3CCCC3)CC2)O1. The van der Waals surface area contributed by atoms with Crippen molar-refractivity contribution in [1.29, 1.82) is 0 Å². The molecule has 0 aliphatic carbocycles. The van der Waals surface area contributed by atoms with Crippen molar-refractivity contribution in [3.05, 3.63) is 18.2 Å². The number of likely N-dealkylation sites (tertiary alicyclic amines) is 2. The van der Waals surface area contributed by atoms with Gasteiger partial charge in [0, 0.05) is 64.5 Å². The molecule has 0 saturated carbocycles. The summed E-state index contributed by atoms with van der Waals surface area (Å²) in [4.78, 5) is 36.0. The monoisotopic (exact) mass is 389 g/mol. The molecule has 0 aromatic carbocycles. The summed E-state index contributed by atoms with van der Waals surface area (Å²) in [6.45, 7) is 8.83. The van der Waals surface area contributed by atoms with Crippen molar-refractivity contribution < 1.29 is 14.3 Å². The third-order valence-corrected chi connectivity index (χ3v) is 6.42. The Bertz CT molecular complexity index is 715. The van der Waals surface area contributed by atoms with E-state index in [9.17, 15) is 9.59 Å². The van der Waals surface area contributed by atoms with Crippen LogP contribution in [0.3, 0.4) is 0 Å². The normalized spacial score (nSPS) is 23.7.